The lowest BCUT2D eigenvalue weighted by Gasteiger charge is -2.21. The fourth-order valence-electron chi connectivity index (χ4n) is 1.68. The number of anilines is 1. The Bertz CT molecular complexity index is 577. The second-order valence-electron chi connectivity index (χ2n) is 5.02. The Labute approximate surface area is 118 Å². The molecule has 1 heterocycles. The van der Waals surface area contributed by atoms with Gasteiger partial charge in [-0.1, -0.05) is 19.1 Å². The third-order valence-electron chi connectivity index (χ3n) is 3.25. The number of nitrogens with two attached hydrogens (primary N) is 1. The van der Waals surface area contributed by atoms with E-state index in [2.05, 4.69) is 15.4 Å². The standard InChI is InChI=1S/C14H19N5O/c1-3-14(2,15)13(20)18-12-6-4-5-11(7-12)8-19-10-16-9-17-19/h4-7,9-10H,3,8,15H2,1-2H3,(H,18,20). The lowest BCUT2D eigenvalue weighted by molar-refractivity contribution is -0.120. The summed E-state index contributed by atoms with van der Waals surface area (Å²) in [6.45, 7) is 4.22. The number of nitrogens with zero attached hydrogens (tertiary/aromatic N) is 3. The van der Waals surface area contributed by atoms with E-state index < -0.39 is 5.54 Å². The molecule has 0 aliphatic carbocycles. The molecule has 0 radical (unpaired) electrons. The molecular weight excluding hydrogens is 254 g/mol. The summed E-state index contributed by atoms with van der Waals surface area (Å²) in [5.74, 6) is -0.182. The van der Waals surface area contributed by atoms with Gasteiger partial charge in [0.1, 0.15) is 12.7 Å². The average Bonchev–Trinajstić information content (AvgIpc) is 2.92. The van der Waals surface area contributed by atoms with E-state index in [0.29, 0.717) is 13.0 Å². The Morgan fingerprint density at radius 1 is 1.50 bits per heavy atom. The lowest BCUT2D eigenvalue weighted by Crippen LogP contribution is -2.47. The summed E-state index contributed by atoms with van der Waals surface area (Å²) in [5, 5.41) is 6.90. The molecule has 2 rings (SSSR count). The van der Waals surface area contributed by atoms with Crippen LogP contribution in [-0.4, -0.2) is 26.2 Å². The molecule has 0 bridgehead atoms. The first-order valence-electron chi connectivity index (χ1n) is 6.53. The third kappa shape index (κ3) is 3.42. The topological polar surface area (TPSA) is 85.8 Å². The van der Waals surface area contributed by atoms with Gasteiger partial charge in [-0.3, -0.25) is 4.79 Å². The minimum absolute atomic E-state index is 0.182. The molecule has 1 amide bonds. The molecular formula is C14H19N5O. The number of hydrogen-bond donors (Lipinski definition) is 2. The molecule has 20 heavy (non-hydrogen) atoms. The van der Waals surface area contributed by atoms with Crippen LogP contribution >= 0.6 is 0 Å². The van der Waals surface area contributed by atoms with Gasteiger partial charge >= 0.3 is 0 Å². The van der Waals surface area contributed by atoms with Gasteiger partial charge in [0.2, 0.25) is 5.91 Å². The summed E-state index contributed by atoms with van der Waals surface area (Å²) in [7, 11) is 0. The van der Waals surface area contributed by atoms with Crippen LogP contribution in [-0.2, 0) is 11.3 Å². The van der Waals surface area contributed by atoms with Crippen LogP contribution in [0.2, 0.25) is 0 Å². The fourth-order valence-corrected chi connectivity index (χ4v) is 1.68. The van der Waals surface area contributed by atoms with Gasteiger partial charge in [0, 0.05) is 5.69 Å². The van der Waals surface area contributed by atoms with Crippen molar-refractivity contribution in [3.8, 4) is 0 Å². The zero-order valence-electron chi connectivity index (χ0n) is 11.7. The molecule has 3 N–H and O–H groups in total. The normalized spacial score (nSPS) is 13.8. The maximum Gasteiger partial charge on any atom is 0.244 e. The summed E-state index contributed by atoms with van der Waals surface area (Å²) in [6, 6.07) is 7.61. The van der Waals surface area contributed by atoms with Crippen LogP contribution in [0.1, 0.15) is 25.8 Å². The molecule has 6 nitrogen and oxygen atoms in total. The highest BCUT2D eigenvalue weighted by Crippen LogP contribution is 2.14. The number of amides is 1. The van der Waals surface area contributed by atoms with Crippen molar-refractivity contribution < 1.29 is 4.79 Å². The smallest absolute Gasteiger partial charge is 0.244 e. The van der Waals surface area contributed by atoms with Gasteiger partial charge in [-0.25, -0.2) is 9.67 Å². The van der Waals surface area contributed by atoms with E-state index in [-0.39, 0.29) is 5.91 Å². The first-order chi connectivity index (χ1) is 9.51. The van der Waals surface area contributed by atoms with Crippen LogP contribution in [0, 0.1) is 0 Å². The molecule has 0 saturated carbocycles. The van der Waals surface area contributed by atoms with Gasteiger partial charge in [0.15, 0.2) is 0 Å². The number of hydrogen-bond acceptors (Lipinski definition) is 4. The van der Waals surface area contributed by atoms with Crippen molar-refractivity contribution in [1.82, 2.24) is 14.8 Å². The van der Waals surface area contributed by atoms with Gasteiger partial charge in [-0.15, -0.1) is 0 Å². The third-order valence-corrected chi connectivity index (χ3v) is 3.25. The van der Waals surface area contributed by atoms with Crippen LogP contribution in [0.3, 0.4) is 0 Å². The quantitative estimate of drug-likeness (QED) is 0.862. The van der Waals surface area contributed by atoms with E-state index in [1.165, 1.54) is 6.33 Å². The molecule has 0 saturated heterocycles. The first kappa shape index (κ1) is 14.2. The molecule has 0 aliphatic heterocycles. The van der Waals surface area contributed by atoms with Crippen molar-refractivity contribution in [2.24, 2.45) is 5.73 Å². The van der Waals surface area contributed by atoms with Gasteiger partial charge < -0.3 is 11.1 Å². The fraction of sp³-hybridized carbons (Fsp3) is 0.357. The van der Waals surface area contributed by atoms with Crippen molar-refractivity contribution >= 4 is 11.6 Å². The largest absolute Gasteiger partial charge is 0.324 e. The summed E-state index contributed by atoms with van der Waals surface area (Å²) in [5.41, 5.74) is 6.83. The van der Waals surface area contributed by atoms with E-state index in [0.717, 1.165) is 11.3 Å². The van der Waals surface area contributed by atoms with Crippen LogP contribution in [0.15, 0.2) is 36.9 Å². The van der Waals surface area contributed by atoms with Gasteiger partial charge in [-0.2, -0.15) is 5.10 Å². The first-order valence-corrected chi connectivity index (χ1v) is 6.53. The molecule has 6 heteroatoms. The predicted octanol–water partition coefficient (Wildman–Crippen LogP) is 1.39. The van der Waals surface area contributed by atoms with Crippen LogP contribution in [0.4, 0.5) is 5.69 Å². The number of aromatic nitrogens is 3. The molecule has 0 aliphatic rings. The van der Waals surface area contributed by atoms with Gasteiger partial charge in [-0.05, 0) is 31.0 Å². The molecule has 1 unspecified atom stereocenters. The second kappa shape index (κ2) is 5.83. The number of benzene rings is 1. The highest BCUT2D eigenvalue weighted by Gasteiger charge is 2.25. The monoisotopic (exact) mass is 273 g/mol. The zero-order chi connectivity index (χ0) is 14.6. The zero-order valence-corrected chi connectivity index (χ0v) is 11.7. The summed E-state index contributed by atoms with van der Waals surface area (Å²) >= 11 is 0. The Balaban J connectivity index is 2.08. The molecule has 106 valence electrons. The maximum atomic E-state index is 12.0. The van der Waals surface area contributed by atoms with E-state index in [9.17, 15) is 4.79 Å². The van der Waals surface area contributed by atoms with Crippen molar-refractivity contribution in [2.45, 2.75) is 32.4 Å². The van der Waals surface area contributed by atoms with Crippen molar-refractivity contribution in [1.29, 1.82) is 0 Å². The number of nitrogens with one attached hydrogen (secondary N) is 1. The number of carbonyl (C=O) groups excluding carboxylic acids is 1. The van der Waals surface area contributed by atoms with E-state index >= 15 is 0 Å². The SMILES string of the molecule is CCC(C)(N)C(=O)Nc1cccc(Cn2cncn2)c1. The molecule has 2 aromatic rings. The molecule has 0 fully saturated rings. The lowest BCUT2D eigenvalue weighted by atomic mass is 9.99. The highest BCUT2D eigenvalue weighted by atomic mass is 16.2. The van der Waals surface area contributed by atoms with E-state index in [1.807, 2.05) is 31.2 Å². The molecule has 1 aromatic carbocycles. The average molecular weight is 273 g/mol. The van der Waals surface area contributed by atoms with Crippen molar-refractivity contribution in [2.75, 3.05) is 5.32 Å². The molecule has 1 aromatic heterocycles. The van der Waals surface area contributed by atoms with Crippen LogP contribution < -0.4 is 11.1 Å². The summed E-state index contributed by atoms with van der Waals surface area (Å²) in [4.78, 5) is 15.9. The molecule has 1 atom stereocenters. The highest BCUT2D eigenvalue weighted by molar-refractivity contribution is 5.97. The van der Waals surface area contributed by atoms with Gasteiger partial charge in [0.05, 0.1) is 12.1 Å². The van der Waals surface area contributed by atoms with Crippen molar-refractivity contribution in [3.63, 3.8) is 0 Å². The summed E-state index contributed by atoms with van der Waals surface area (Å²) < 4.78 is 1.72. The maximum absolute atomic E-state index is 12.0. The minimum atomic E-state index is -0.859. The predicted molar refractivity (Wildman–Crippen MR) is 77.1 cm³/mol. The van der Waals surface area contributed by atoms with E-state index in [1.54, 1.807) is 17.9 Å². The Morgan fingerprint density at radius 2 is 2.30 bits per heavy atom. The Kier molecular flexibility index (Phi) is 4.14. The Morgan fingerprint density at radius 3 is 2.95 bits per heavy atom. The van der Waals surface area contributed by atoms with Gasteiger partial charge in [0.25, 0.3) is 0 Å². The van der Waals surface area contributed by atoms with Crippen molar-refractivity contribution in [3.05, 3.63) is 42.5 Å². The summed E-state index contributed by atoms with van der Waals surface area (Å²) in [6.07, 6.45) is 3.73. The molecule has 0 spiro atoms. The van der Waals surface area contributed by atoms with E-state index in [4.69, 9.17) is 5.73 Å². The van der Waals surface area contributed by atoms with Crippen LogP contribution in [0.5, 0.6) is 0 Å². The van der Waals surface area contributed by atoms with Crippen LogP contribution in [0.25, 0.3) is 0 Å². The number of rotatable bonds is 5. The minimum Gasteiger partial charge on any atom is -0.324 e. The second-order valence-corrected chi connectivity index (χ2v) is 5.02. The number of carbonyl (C=O) groups is 1. The Hall–Kier alpha value is -2.21.